The zero-order chi connectivity index (χ0) is 28.5. The lowest BCUT2D eigenvalue weighted by molar-refractivity contribution is 0.0696. The Kier molecular flexibility index (Phi) is 6.81. The van der Waals surface area contributed by atoms with Gasteiger partial charge in [-0.3, -0.25) is 4.79 Å². The Morgan fingerprint density at radius 1 is 0.878 bits per heavy atom. The molecule has 0 spiro atoms. The number of fused-ring (bicyclic) bond motifs is 2. The highest BCUT2D eigenvalue weighted by molar-refractivity contribution is 6.03. The van der Waals surface area contributed by atoms with Gasteiger partial charge in [-0.15, -0.1) is 0 Å². The smallest absolute Gasteiger partial charge is 0.335 e. The summed E-state index contributed by atoms with van der Waals surface area (Å²) < 4.78 is 16.9. The minimum Gasteiger partial charge on any atom is -0.478 e. The first-order valence-electron chi connectivity index (χ1n) is 13.4. The molecule has 0 unspecified atom stereocenters. The third-order valence-corrected chi connectivity index (χ3v) is 7.45. The third-order valence-electron chi connectivity index (χ3n) is 7.45. The molecule has 0 saturated carbocycles. The van der Waals surface area contributed by atoms with Crippen LogP contribution in [0.1, 0.15) is 50.4 Å². The van der Waals surface area contributed by atoms with Crippen molar-refractivity contribution >= 4 is 28.2 Å². The number of benzene rings is 4. The number of rotatable bonds is 7. The van der Waals surface area contributed by atoms with Crippen molar-refractivity contribution in [2.24, 2.45) is 0 Å². The maximum atomic E-state index is 14.9. The van der Waals surface area contributed by atoms with E-state index >= 15 is 0 Å². The normalized spacial score (nSPS) is 12.0. The van der Waals surface area contributed by atoms with Gasteiger partial charge >= 0.3 is 5.97 Å². The summed E-state index contributed by atoms with van der Waals surface area (Å²) in [6, 6.07) is 30.8. The molecule has 2 aromatic heterocycles. The van der Waals surface area contributed by atoms with Gasteiger partial charge in [0.15, 0.2) is 0 Å². The predicted octanol–water partition coefficient (Wildman–Crippen LogP) is 7.68. The topological polar surface area (TPSA) is 70.8 Å². The van der Waals surface area contributed by atoms with E-state index in [0.717, 1.165) is 38.7 Å². The van der Waals surface area contributed by atoms with Crippen molar-refractivity contribution in [1.29, 1.82) is 0 Å². The van der Waals surface area contributed by atoms with Gasteiger partial charge in [0.1, 0.15) is 5.82 Å². The van der Waals surface area contributed by atoms with Crippen LogP contribution in [0.5, 0.6) is 0 Å². The highest BCUT2D eigenvalue weighted by Crippen LogP contribution is 2.29. The molecule has 6 rings (SSSR count). The van der Waals surface area contributed by atoms with E-state index in [4.69, 9.17) is 0 Å². The number of halogens is 1. The standard InChI is InChI=1S/C35H27FN2O3/c1-22(24-11-13-26(14-12-24)35(40)41)37-34(39)31-20-29(25-7-3-2-4-8-25)21-38-16-15-28(33(31)38)18-23-17-27-9-5-6-10-30(27)32(36)19-23/h2-17,19-22H,18H2,1H3,(H,37,39)(H,40,41)/t22-/m0/s1. The second-order valence-corrected chi connectivity index (χ2v) is 10.2. The van der Waals surface area contributed by atoms with Crippen molar-refractivity contribution in [3.8, 4) is 11.1 Å². The lowest BCUT2D eigenvalue weighted by atomic mass is 9.98. The first-order chi connectivity index (χ1) is 19.9. The van der Waals surface area contributed by atoms with E-state index in [1.165, 1.54) is 12.1 Å². The van der Waals surface area contributed by atoms with Gasteiger partial charge in [0, 0.05) is 17.8 Å². The summed E-state index contributed by atoms with van der Waals surface area (Å²) in [5.41, 5.74) is 5.83. The van der Waals surface area contributed by atoms with Crippen molar-refractivity contribution < 1.29 is 19.1 Å². The van der Waals surface area contributed by atoms with Crippen LogP contribution in [-0.4, -0.2) is 21.4 Å². The molecule has 5 nitrogen and oxygen atoms in total. The average molecular weight is 543 g/mol. The molecule has 0 bridgehead atoms. The molecule has 0 fully saturated rings. The van der Waals surface area contributed by atoms with Gasteiger partial charge in [0.25, 0.3) is 5.91 Å². The van der Waals surface area contributed by atoms with Gasteiger partial charge in [-0.1, -0.05) is 72.8 Å². The Balaban J connectivity index is 1.40. The van der Waals surface area contributed by atoms with Crippen LogP contribution >= 0.6 is 0 Å². The molecule has 6 heteroatoms. The summed E-state index contributed by atoms with van der Waals surface area (Å²) in [7, 11) is 0. The monoisotopic (exact) mass is 542 g/mol. The molecular weight excluding hydrogens is 515 g/mol. The maximum absolute atomic E-state index is 14.9. The van der Waals surface area contributed by atoms with Gasteiger partial charge in [-0.25, -0.2) is 9.18 Å². The molecule has 41 heavy (non-hydrogen) atoms. The van der Waals surface area contributed by atoms with Gasteiger partial charge in [-0.05, 0) is 76.9 Å². The fourth-order valence-corrected chi connectivity index (χ4v) is 5.34. The summed E-state index contributed by atoms with van der Waals surface area (Å²) >= 11 is 0. The second-order valence-electron chi connectivity index (χ2n) is 10.2. The molecule has 2 N–H and O–H groups in total. The van der Waals surface area contributed by atoms with E-state index < -0.39 is 5.97 Å². The van der Waals surface area contributed by atoms with Crippen LogP contribution in [0.2, 0.25) is 0 Å². The quantitative estimate of drug-likeness (QED) is 0.217. The SMILES string of the molecule is C[C@H](NC(=O)c1cc(-c2ccccc2)cn2ccc(Cc3cc(F)c4ccccc4c3)c12)c1ccc(C(=O)O)cc1. The number of hydrogen-bond donors (Lipinski definition) is 2. The van der Waals surface area contributed by atoms with Gasteiger partial charge in [0.2, 0.25) is 0 Å². The molecule has 202 valence electrons. The Hall–Kier alpha value is -5.23. The molecule has 0 saturated heterocycles. The zero-order valence-electron chi connectivity index (χ0n) is 22.3. The number of amides is 1. The van der Waals surface area contributed by atoms with Crippen LogP contribution in [-0.2, 0) is 6.42 Å². The number of nitrogens with one attached hydrogen (secondary N) is 1. The van der Waals surface area contributed by atoms with Crippen molar-refractivity contribution in [3.05, 3.63) is 149 Å². The molecule has 2 heterocycles. The highest BCUT2D eigenvalue weighted by atomic mass is 19.1. The summed E-state index contributed by atoms with van der Waals surface area (Å²) in [6.45, 7) is 1.86. The second kappa shape index (κ2) is 10.7. The fourth-order valence-electron chi connectivity index (χ4n) is 5.34. The van der Waals surface area contributed by atoms with E-state index in [1.807, 2.05) is 90.4 Å². The fraction of sp³-hybridized carbons (Fsp3) is 0.0857. The molecule has 0 radical (unpaired) electrons. The van der Waals surface area contributed by atoms with Gasteiger partial charge < -0.3 is 14.8 Å². The minimum atomic E-state index is -1.000. The number of pyridine rings is 1. The number of nitrogens with zero attached hydrogens (tertiary/aromatic N) is 1. The van der Waals surface area contributed by atoms with Crippen LogP contribution in [0.4, 0.5) is 4.39 Å². The van der Waals surface area contributed by atoms with Gasteiger partial charge in [-0.2, -0.15) is 0 Å². The predicted molar refractivity (Wildman–Crippen MR) is 159 cm³/mol. The zero-order valence-corrected chi connectivity index (χ0v) is 22.3. The van der Waals surface area contributed by atoms with Crippen molar-refractivity contribution in [2.45, 2.75) is 19.4 Å². The largest absolute Gasteiger partial charge is 0.478 e. The molecule has 0 aliphatic rings. The van der Waals surface area contributed by atoms with Crippen LogP contribution in [0, 0.1) is 5.82 Å². The van der Waals surface area contributed by atoms with E-state index in [-0.39, 0.29) is 23.3 Å². The van der Waals surface area contributed by atoms with Crippen LogP contribution < -0.4 is 5.32 Å². The molecule has 4 aromatic carbocycles. The number of carboxylic acids is 1. The van der Waals surface area contributed by atoms with E-state index in [1.54, 1.807) is 24.3 Å². The first-order valence-corrected chi connectivity index (χ1v) is 13.4. The first kappa shape index (κ1) is 26.0. The Labute approximate surface area is 236 Å². The van der Waals surface area contributed by atoms with Crippen LogP contribution in [0.15, 0.2) is 116 Å². The van der Waals surface area contributed by atoms with Gasteiger partial charge in [0.05, 0.1) is 22.7 Å². The maximum Gasteiger partial charge on any atom is 0.335 e. The van der Waals surface area contributed by atoms with Crippen LogP contribution in [0.25, 0.3) is 27.4 Å². The summed E-state index contributed by atoms with van der Waals surface area (Å²) in [5.74, 6) is -1.53. The van der Waals surface area contributed by atoms with E-state index in [9.17, 15) is 19.1 Å². The van der Waals surface area contributed by atoms with Crippen molar-refractivity contribution in [1.82, 2.24) is 9.72 Å². The lowest BCUT2D eigenvalue weighted by Crippen LogP contribution is -2.27. The summed E-state index contributed by atoms with van der Waals surface area (Å²) in [6.07, 6.45) is 4.38. The number of hydrogen-bond acceptors (Lipinski definition) is 2. The number of aromatic nitrogens is 1. The Bertz CT molecular complexity index is 1910. The lowest BCUT2D eigenvalue weighted by Gasteiger charge is -2.17. The average Bonchev–Trinajstić information content (AvgIpc) is 3.39. The minimum absolute atomic E-state index is 0.188. The number of carbonyl (C=O) groups excluding carboxylic acids is 1. The molecule has 1 amide bonds. The van der Waals surface area contributed by atoms with E-state index in [0.29, 0.717) is 17.4 Å². The third kappa shape index (κ3) is 5.20. The van der Waals surface area contributed by atoms with Crippen molar-refractivity contribution in [3.63, 3.8) is 0 Å². The summed E-state index contributed by atoms with van der Waals surface area (Å²) in [4.78, 5) is 25.1. The number of aromatic carboxylic acids is 1. The molecule has 1 atom stereocenters. The molecule has 0 aliphatic carbocycles. The van der Waals surface area contributed by atoms with Crippen molar-refractivity contribution in [2.75, 3.05) is 0 Å². The summed E-state index contributed by atoms with van der Waals surface area (Å²) in [5, 5.41) is 13.7. The Morgan fingerprint density at radius 3 is 2.37 bits per heavy atom. The molecular formula is C35H27FN2O3. The number of carbonyl (C=O) groups is 2. The molecule has 6 aromatic rings. The Morgan fingerprint density at radius 2 is 1.61 bits per heavy atom. The van der Waals surface area contributed by atoms with Crippen LogP contribution in [0.3, 0.4) is 0 Å². The highest BCUT2D eigenvalue weighted by Gasteiger charge is 2.20. The van der Waals surface area contributed by atoms with E-state index in [2.05, 4.69) is 5.32 Å². The number of carboxylic acid groups (broad SMARTS) is 1. The molecule has 0 aliphatic heterocycles.